The fourth-order valence-electron chi connectivity index (χ4n) is 2.00. The number of hydrogen-bond acceptors (Lipinski definition) is 5. The third-order valence-corrected chi connectivity index (χ3v) is 2.93. The van der Waals surface area contributed by atoms with Crippen molar-refractivity contribution in [2.24, 2.45) is 0 Å². The molecule has 2 aromatic heterocycles. The van der Waals surface area contributed by atoms with Crippen LogP contribution in [-0.4, -0.2) is 26.2 Å². The molecule has 20 heavy (non-hydrogen) atoms. The highest BCUT2D eigenvalue weighted by Gasteiger charge is 2.19. The molecule has 0 amide bonds. The summed E-state index contributed by atoms with van der Waals surface area (Å²) in [5.41, 5.74) is 1.71. The molecule has 100 valence electrons. The van der Waals surface area contributed by atoms with Crippen molar-refractivity contribution in [2.45, 2.75) is 6.10 Å². The molecule has 0 fully saturated rings. The van der Waals surface area contributed by atoms with Gasteiger partial charge in [-0.15, -0.1) is 0 Å². The molecule has 6 nitrogen and oxygen atoms in total. The average Bonchev–Trinajstić information content (AvgIpc) is 2.96. The van der Waals surface area contributed by atoms with Gasteiger partial charge in [0, 0.05) is 18.0 Å². The zero-order chi connectivity index (χ0) is 14.1. The number of fused-ring (bicyclic) bond motifs is 1. The van der Waals surface area contributed by atoms with Crippen molar-refractivity contribution < 1.29 is 19.4 Å². The van der Waals surface area contributed by atoms with E-state index < -0.39 is 12.1 Å². The first kappa shape index (κ1) is 12.3. The standard InChI is InChI=1S/C14H10N2O4/c17-13(10-4-5-11(20-10)14(18)19)8-2-1-3-9-12(8)16-7-6-15-9/h1-7,13,17H,(H,18,19). The van der Waals surface area contributed by atoms with Crippen molar-refractivity contribution >= 4 is 17.0 Å². The van der Waals surface area contributed by atoms with Gasteiger partial charge in [0.05, 0.1) is 11.0 Å². The van der Waals surface area contributed by atoms with Crippen LogP contribution in [0.3, 0.4) is 0 Å². The van der Waals surface area contributed by atoms with E-state index in [0.29, 0.717) is 16.6 Å². The Kier molecular flexibility index (Phi) is 2.92. The van der Waals surface area contributed by atoms with Crippen molar-refractivity contribution in [1.29, 1.82) is 0 Å². The maximum absolute atomic E-state index is 10.8. The highest BCUT2D eigenvalue weighted by atomic mass is 16.4. The monoisotopic (exact) mass is 270 g/mol. The van der Waals surface area contributed by atoms with Crippen LogP contribution in [0.25, 0.3) is 11.0 Å². The molecule has 0 spiro atoms. The maximum Gasteiger partial charge on any atom is 0.371 e. The Balaban J connectivity index is 2.07. The number of aliphatic hydroxyl groups excluding tert-OH is 1. The summed E-state index contributed by atoms with van der Waals surface area (Å²) >= 11 is 0. The number of carboxylic acid groups (broad SMARTS) is 1. The van der Waals surface area contributed by atoms with Crippen molar-refractivity contribution in [3.8, 4) is 0 Å². The minimum absolute atomic E-state index is 0.153. The topological polar surface area (TPSA) is 96.5 Å². The van der Waals surface area contributed by atoms with Crippen LogP contribution in [0.2, 0.25) is 0 Å². The molecule has 1 unspecified atom stereocenters. The lowest BCUT2D eigenvalue weighted by Gasteiger charge is -2.10. The Morgan fingerprint density at radius 3 is 2.70 bits per heavy atom. The summed E-state index contributed by atoms with van der Waals surface area (Å²) in [6.45, 7) is 0. The molecule has 6 heteroatoms. The van der Waals surface area contributed by atoms with Gasteiger partial charge in [0.15, 0.2) is 0 Å². The van der Waals surface area contributed by atoms with Gasteiger partial charge in [0.1, 0.15) is 11.9 Å². The third-order valence-electron chi connectivity index (χ3n) is 2.93. The van der Waals surface area contributed by atoms with E-state index in [1.54, 1.807) is 24.4 Å². The Hall–Kier alpha value is -2.73. The van der Waals surface area contributed by atoms with E-state index in [0.717, 1.165) is 0 Å². The summed E-state index contributed by atoms with van der Waals surface area (Å²) in [6, 6.07) is 7.96. The molecule has 0 aliphatic heterocycles. The van der Waals surface area contributed by atoms with Crippen molar-refractivity contribution in [3.63, 3.8) is 0 Å². The van der Waals surface area contributed by atoms with Gasteiger partial charge in [-0.05, 0) is 18.2 Å². The molecule has 0 saturated carbocycles. The van der Waals surface area contributed by atoms with E-state index in [-0.39, 0.29) is 11.5 Å². The predicted octanol–water partition coefficient (Wildman–Crippen LogP) is 2.00. The molecule has 1 aromatic carbocycles. The van der Waals surface area contributed by atoms with Gasteiger partial charge in [-0.25, -0.2) is 4.79 Å². The number of carbonyl (C=O) groups is 1. The number of para-hydroxylation sites is 1. The van der Waals surface area contributed by atoms with Crippen molar-refractivity contribution in [3.05, 3.63) is 59.8 Å². The zero-order valence-corrected chi connectivity index (χ0v) is 10.2. The molecule has 3 aromatic rings. The fourth-order valence-corrected chi connectivity index (χ4v) is 2.00. The molecule has 0 saturated heterocycles. The van der Waals surface area contributed by atoms with Gasteiger partial charge >= 0.3 is 5.97 Å². The number of rotatable bonds is 3. The summed E-state index contributed by atoms with van der Waals surface area (Å²) in [5, 5.41) is 19.2. The van der Waals surface area contributed by atoms with Gasteiger partial charge in [-0.3, -0.25) is 9.97 Å². The summed E-state index contributed by atoms with van der Waals surface area (Å²) in [6.07, 6.45) is 2.00. The minimum Gasteiger partial charge on any atom is -0.475 e. The van der Waals surface area contributed by atoms with E-state index in [2.05, 4.69) is 9.97 Å². The van der Waals surface area contributed by atoms with Crippen LogP contribution in [0.4, 0.5) is 0 Å². The Morgan fingerprint density at radius 1 is 1.15 bits per heavy atom. The summed E-state index contributed by atoms with van der Waals surface area (Å²) in [5.74, 6) is -1.24. The van der Waals surface area contributed by atoms with Crippen molar-refractivity contribution in [1.82, 2.24) is 9.97 Å². The average molecular weight is 270 g/mol. The number of carboxylic acids is 1. The van der Waals surface area contributed by atoms with Crippen molar-refractivity contribution in [2.75, 3.05) is 0 Å². The first-order valence-electron chi connectivity index (χ1n) is 5.87. The van der Waals surface area contributed by atoms with Crippen LogP contribution >= 0.6 is 0 Å². The van der Waals surface area contributed by atoms with Gasteiger partial charge in [-0.1, -0.05) is 12.1 Å². The molecule has 0 bridgehead atoms. The minimum atomic E-state index is -1.18. The molecule has 0 aliphatic carbocycles. The number of aliphatic hydroxyl groups is 1. The summed E-state index contributed by atoms with van der Waals surface area (Å²) < 4.78 is 5.11. The van der Waals surface area contributed by atoms with E-state index in [9.17, 15) is 9.90 Å². The van der Waals surface area contributed by atoms with Gasteiger partial charge in [0.2, 0.25) is 5.76 Å². The van der Waals surface area contributed by atoms with Crippen LogP contribution < -0.4 is 0 Å². The second-order valence-corrected chi connectivity index (χ2v) is 4.18. The smallest absolute Gasteiger partial charge is 0.371 e. The van der Waals surface area contributed by atoms with Gasteiger partial charge < -0.3 is 14.6 Å². The molecule has 2 heterocycles. The number of aromatic carboxylic acids is 1. The molecular weight excluding hydrogens is 260 g/mol. The normalized spacial score (nSPS) is 12.4. The molecule has 0 aliphatic rings. The van der Waals surface area contributed by atoms with Crippen LogP contribution in [0, 0.1) is 0 Å². The number of nitrogens with zero attached hydrogens (tertiary/aromatic N) is 2. The summed E-state index contributed by atoms with van der Waals surface area (Å²) in [7, 11) is 0. The number of benzene rings is 1. The number of furan rings is 1. The lowest BCUT2D eigenvalue weighted by Crippen LogP contribution is -2.01. The second kappa shape index (κ2) is 4.75. The lowest BCUT2D eigenvalue weighted by molar-refractivity contribution is 0.0655. The fraction of sp³-hybridized carbons (Fsp3) is 0.0714. The highest BCUT2D eigenvalue weighted by molar-refractivity contribution is 5.84. The SMILES string of the molecule is O=C(O)c1ccc(C(O)c2cccc3nccnc23)o1. The second-order valence-electron chi connectivity index (χ2n) is 4.18. The molecular formula is C14H10N2O4. The first-order valence-corrected chi connectivity index (χ1v) is 5.87. The Bertz CT molecular complexity index is 776. The molecule has 1 atom stereocenters. The van der Waals surface area contributed by atoms with Crippen LogP contribution in [0.15, 0.2) is 47.1 Å². The molecule has 3 rings (SSSR count). The van der Waals surface area contributed by atoms with E-state index in [1.807, 2.05) is 0 Å². The Labute approximate surface area is 113 Å². The van der Waals surface area contributed by atoms with Crippen LogP contribution in [0.5, 0.6) is 0 Å². The summed E-state index contributed by atoms with van der Waals surface area (Å²) in [4.78, 5) is 19.1. The van der Waals surface area contributed by atoms with Crippen LogP contribution in [-0.2, 0) is 0 Å². The van der Waals surface area contributed by atoms with E-state index >= 15 is 0 Å². The first-order chi connectivity index (χ1) is 9.66. The third kappa shape index (κ3) is 2.02. The highest BCUT2D eigenvalue weighted by Crippen LogP contribution is 2.28. The number of hydrogen-bond donors (Lipinski definition) is 2. The quantitative estimate of drug-likeness (QED) is 0.755. The largest absolute Gasteiger partial charge is 0.475 e. The maximum atomic E-state index is 10.8. The number of aromatic nitrogens is 2. The van der Waals surface area contributed by atoms with E-state index in [1.165, 1.54) is 18.3 Å². The van der Waals surface area contributed by atoms with E-state index in [4.69, 9.17) is 9.52 Å². The predicted molar refractivity (Wildman–Crippen MR) is 69.3 cm³/mol. The molecule has 2 N–H and O–H groups in total. The molecule has 0 radical (unpaired) electrons. The van der Waals surface area contributed by atoms with Gasteiger partial charge in [0.25, 0.3) is 0 Å². The zero-order valence-electron chi connectivity index (χ0n) is 10.2. The lowest BCUT2D eigenvalue weighted by atomic mass is 10.1. The Morgan fingerprint density at radius 2 is 1.95 bits per heavy atom. The van der Waals surface area contributed by atoms with Gasteiger partial charge in [-0.2, -0.15) is 0 Å². The van der Waals surface area contributed by atoms with Crippen LogP contribution in [0.1, 0.15) is 28.0 Å².